The summed E-state index contributed by atoms with van der Waals surface area (Å²) in [6.45, 7) is 2.80. The molecule has 1 unspecified atom stereocenters. The standard InChI is InChI=1S/C15H21N3O.2ClH/c1-18(11-12-3-2-6-17-10-12)14(19)13-9-15(13)4-7-16-8-5-15;;/h2-3,6,10,13,16H,4-5,7-9,11H2,1H3;2*1H. The summed E-state index contributed by atoms with van der Waals surface area (Å²) in [4.78, 5) is 18.4. The molecular weight excluding hydrogens is 309 g/mol. The van der Waals surface area contributed by atoms with Crippen LogP contribution in [0.15, 0.2) is 24.5 Å². The zero-order valence-corrected chi connectivity index (χ0v) is 13.9. The van der Waals surface area contributed by atoms with Crippen LogP contribution in [0.1, 0.15) is 24.8 Å². The second kappa shape index (κ2) is 7.43. The van der Waals surface area contributed by atoms with Crippen molar-refractivity contribution < 1.29 is 4.79 Å². The van der Waals surface area contributed by atoms with Crippen molar-refractivity contribution in [2.24, 2.45) is 11.3 Å². The minimum atomic E-state index is 0. The number of nitrogens with one attached hydrogen (secondary N) is 1. The van der Waals surface area contributed by atoms with Gasteiger partial charge in [0, 0.05) is 31.9 Å². The second-order valence-electron chi connectivity index (χ2n) is 5.92. The molecule has 1 aliphatic carbocycles. The van der Waals surface area contributed by atoms with Crippen LogP contribution in [0.5, 0.6) is 0 Å². The van der Waals surface area contributed by atoms with E-state index < -0.39 is 0 Å². The predicted octanol–water partition coefficient (Wildman–Crippen LogP) is 2.27. The van der Waals surface area contributed by atoms with Gasteiger partial charge in [0.2, 0.25) is 5.91 Å². The van der Waals surface area contributed by atoms with Crippen LogP contribution in [0.4, 0.5) is 0 Å². The highest BCUT2D eigenvalue weighted by molar-refractivity contribution is 5.85. The summed E-state index contributed by atoms with van der Waals surface area (Å²) in [6, 6.07) is 3.93. The van der Waals surface area contributed by atoms with E-state index in [1.54, 1.807) is 6.20 Å². The van der Waals surface area contributed by atoms with Gasteiger partial charge in [-0.25, -0.2) is 0 Å². The van der Waals surface area contributed by atoms with Gasteiger partial charge in [0.25, 0.3) is 0 Å². The number of amides is 1. The number of carbonyl (C=O) groups excluding carboxylic acids is 1. The molecule has 0 aromatic carbocycles. The van der Waals surface area contributed by atoms with Crippen molar-refractivity contribution in [1.29, 1.82) is 0 Å². The zero-order chi connectivity index (χ0) is 13.3. The predicted molar refractivity (Wildman–Crippen MR) is 87.9 cm³/mol. The van der Waals surface area contributed by atoms with Gasteiger partial charge in [-0.05, 0) is 49.4 Å². The quantitative estimate of drug-likeness (QED) is 0.924. The van der Waals surface area contributed by atoms with Crippen LogP contribution in [0, 0.1) is 11.3 Å². The van der Waals surface area contributed by atoms with Crippen molar-refractivity contribution >= 4 is 30.7 Å². The maximum absolute atomic E-state index is 12.5. The molecule has 1 amide bonds. The van der Waals surface area contributed by atoms with Crippen LogP contribution in [0.25, 0.3) is 0 Å². The molecule has 1 atom stereocenters. The highest BCUT2D eigenvalue weighted by atomic mass is 35.5. The molecule has 1 spiro atoms. The van der Waals surface area contributed by atoms with Gasteiger partial charge in [0.05, 0.1) is 0 Å². The average molecular weight is 332 g/mol. The topological polar surface area (TPSA) is 45.2 Å². The van der Waals surface area contributed by atoms with Crippen molar-refractivity contribution in [2.45, 2.75) is 25.8 Å². The van der Waals surface area contributed by atoms with E-state index in [1.807, 2.05) is 30.3 Å². The Kier molecular flexibility index (Phi) is 6.44. The molecule has 2 fully saturated rings. The summed E-state index contributed by atoms with van der Waals surface area (Å²) >= 11 is 0. The third-order valence-corrected chi connectivity index (χ3v) is 4.61. The number of piperidine rings is 1. The fraction of sp³-hybridized carbons (Fsp3) is 0.600. The normalized spacial score (nSPS) is 21.9. The number of pyridine rings is 1. The molecule has 1 aromatic heterocycles. The van der Waals surface area contributed by atoms with Gasteiger partial charge in [0.15, 0.2) is 0 Å². The van der Waals surface area contributed by atoms with E-state index in [0.717, 1.165) is 37.9 Å². The fourth-order valence-electron chi connectivity index (χ4n) is 3.28. The Morgan fingerprint density at radius 3 is 2.76 bits per heavy atom. The highest BCUT2D eigenvalue weighted by Crippen LogP contribution is 2.59. The van der Waals surface area contributed by atoms with E-state index in [0.29, 0.717) is 17.9 Å². The Labute approximate surface area is 138 Å². The first-order valence-corrected chi connectivity index (χ1v) is 7.06. The Morgan fingerprint density at radius 2 is 2.14 bits per heavy atom. The van der Waals surface area contributed by atoms with Gasteiger partial charge in [-0.1, -0.05) is 6.07 Å². The first-order valence-electron chi connectivity index (χ1n) is 7.06. The van der Waals surface area contributed by atoms with Gasteiger partial charge < -0.3 is 10.2 Å². The van der Waals surface area contributed by atoms with E-state index in [1.165, 1.54) is 0 Å². The van der Waals surface area contributed by atoms with Crippen molar-refractivity contribution in [3.05, 3.63) is 30.1 Å². The van der Waals surface area contributed by atoms with Crippen LogP contribution >= 0.6 is 24.8 Å². The third-order valence-electron chi connectivity index (χ3n) is 4.61. The lowest BCUT2D eigenvalue weighted by molar-refractivity contribution is -0.132. The monoisotopic (exact) mass is 331 g/mol. The molecule has 118 valence electrons. The summed E-state index contributed by atoms with van der Waals surface area (Å²) in [5.74, 6) is 0.571. The number of carbonyl (C=O) groups is 1. The summed E-state index contributed by atoms with van der Waals surface area (Å²) in [5, 5.41) is 3.38. The largest absolute Gasteiger partial charge is 0.341 e. The molecular formula is C15H23Cl2N3O. The van der Waals surface area contributed by atoms with E-state index in [4.69, 9.17) is 0 Å². The lowest BCUT2D eigenvalue weighted by Gasteiger charge is -2.25. The van der Waals surface area contributed by atoms with Gasteiger partial charge in [-0.15, -0.1) is 24.8 Å². The van der Waals surface area contributed by atoms with E-state index >= 15 is 0 Å². The van der Waals surface area contributed by atoms with Gasteiger partial charge in [-0.3, -0.25) is 9.78 Å². The van der Waals surface area contributed by atoms with Crippen LogP contribution in [0.3, 0.4) is 0 Å². The van der Waals surface area contributed by atoms with Crippen molar-refractivity contribution in [3.8, 4) is 0 Å². The second-order valence-corrected chi connectivity index (χ2v) is 5.92. The number of hydrogen-bond donors (Lipinski definition) is 1. The molecule has 1 aliphatic heterocycles. The number of hydrogen-bond acceptors (Lipinski definition) is 3. The lowest BCUT2D eigenvalue weighted by atomic mass is 9.91. The fourth-order valence-corrected chi connectivity index (χ4v) is 3.28. The molecule has 1 aromatic rings. The van der Waals surface area contributed by atoms with Crippen molar-refractivity contribution in [2.75, 3.05) is 20.1 Å². The molecule has 0 bridgehead atoms. The molecule has 2 heterocycles. The smallest absolute Gasteiger partial charge is 0.226 e. The molecule has 21 heavy (non-hydrogen) atoms. The maximum Gasteiger partial charge on any atom is 0.226 e. The Morgan fingerprint density at radius 1 is 1.43 bits per heavy atom. The average Bonchev–Trinajstić information content (AvgIpc) is 3.13. The SMILES string of the molecule is CN(Cc1cccnc1)C(=O)C1CC12CCNCC2.Cl.Cl. The molecule has 4 nitrogen and oxygen atoms in total. The van der Waals surface area contributed by atoms with E-state index in [9.17, 15) is 4.79 Å². The summed E-state index contributed by atoms with van der Waals surface area (Å²) in [7, 11) is 1.91. The van der Waals surface area contributed by atoms with Gasteiger partial charge in [-0.2, -0.15) is 0 Å². The molecule has 3 rings (SSSR count). The zero-order valence-electron chi connectivity index (χ0n) is 12.2. The minimum Gasteiger partial charge on any atom is -0.341 e. The third kappa shape index (κ3) is 3.87. The van der Waals surface area contributed by atoms with Crippen molar-refractivity contribution in [1.82, 2.24) is 15.2 Å². The first kappa shape index (κ1) is 18.2. The molecule has 1 saturated heterocycles. The molecule has 1 N–H and O–H groups in total. The number of nitrogens with zero attached hydrogens (tertiary/aromatic N) is 2. The number of halogens is 2. The van der Waals surface area contributed by atoms with Crippen LogP contribution in [0.2, 0.25) is 0 Å². The van der Waals surface area contributed by atoms with E-state index in [-0.39, 0.29) is 30.7 Å². The molecule has 0 radical (unpaired) electrons. The molecule has 2 aliphatic rings. The molecule has 6 heteroatoms. The van der Waals surface area contributed by atoms with Crippen LogP contribution in [-0.2, 0) is 11.3 Å². The van der Waals surface area contributed by atoms with Crippen LogP contribution in [-0.4, -0.2) is 35.9 Å². The Bertz CT molecular complexity index is 463. The van der Waals surface area contributed by atoms with Gasteiger partial charge in [0.1, 0.15) is 0 Å². The van der Waals surface area contributed by atoms with Gasteiger partial charge >= 0.3 is 0 Å². The molecule has 1 saturated carbocycles. The van der Waals surface area contributed by atoms with Crippen LogP contribution < -0.4 is 5.32 Å². The number of aromatic nitrogens is 1. The lowest BCUT2D eigenvalue weighted by Crippen LogP contribution is -2.34. The summed E-state index contributed by atoms with van der Waals surface area (Å²) in [6.07, 6.45) is 6.99. The summed E-state index contributed by atoms with van der Waals surface area (Å²) in [5.41, 5.74) is 1.42. The number of rotatable bonds is 3. The Balaban J connectivity index is 0.00000110. The van der Waals surface area contributed by atoms with Crippen molar-refractivity contribution in [3.63, 3.8) is 0 Å². The minimum absolute atomic E-state index is 0. The highest BCUT2D eigenvalue weighted by Gasteiger charge is 2.58. The maximum atomic E-state index is 12.5. The summed E-state index contributed by atoms with van der Waals surface area (Å²) < 4.78 is 0. The Hall–Kier alpha value is -0.840. The van der Waals surface area contributed by atoms with E-state index in [2.05, 4.69) is 10.3 Å². The first-order chi connectivity index (χ1) is 9.21.